The first-order chi connectivity index (χ1) is 5.15. The molecule has 0 saturated carbocycles. The molecule has 0 saturated heterocycles. The maximum atomic E-state index is 12.7. The summed E-state index contributed by atoms with van der Waals surface area (Å²) in [6, 6.07) is 2.14. The van der Waals surface area contributed by atoms with Crippen LogP contribution in [0.15, 0.2) is 12.1 Å². The predicted molar refractivity (Wildman–Crippen MR) is 41.1 cm³/mol. The van der Waals surface area contributed by atoms with E-state index >= 15 is 0 Å². The molecule has 0 heterocycles. The molecule has 0 aromatic heterocycles. The Balaban J connectivity index is 3.21. The highest BCUT2D eigenvalue weighted by Gasteiger charge is 2.05. The van der Waals surface area contributed by atoms with Crippen LogP contribution in [0.4, 0.5) is 8.78 Å². The molecule has 0 unspecified atom stereocenters. The van der Waals surface area contributed by atoms with Gasteiger partial charge in [0.25, 0.3) is 0 Å². The molecule has 0 radical (unpaired) electrons. The van der Waals surface area contributed by atoms with E-state index in [1.165, 1.54) is 15.0 Å². The highest BCUT2D eigenvalue weighted by Crippen LogP contribution is 2.15. The molecule has 0 aliphatic heterocycles. The van der Waals surface area contributed by atoms with Gasteiger partial charge in [-0.15, -0.1) is 0 Å². The summed E-state index contributed by atoms with van der Waals surface area (Å²) in [5.41, 5.74) is 0.281. The van der Waals surface area contributed by atoms with Gasteiger partial charge in [0, 0.05) is 6.07 Å². The lowest BCUT2D eigenvalue weighted by Crippen LogP contribution is -2.09. The molecule has 0 aliphatic carbocycles. The van der Waals surface area contributed by atoms with Gasteiger partial charge in [0.2, 0.25) is 0 Å². The van der Waals surface area contributed by atoms with Gasteiger partial charge >= 0.3 is 0 Å². The van der Waals surface area contributed by atoms with Gasteiger partial charge in [-0.05, 0) is 6.07 Å². The Morgan fingerprint density at radius 2 is 1.91 bits per heavy atom. The van der Waals surface area contributed by atoms with E-state index in [2.05, 4.69) is 4.74 Å². The number of hydrogen-bond acceptors (Lipinski definition) is 1. The number of benzene rings is 1. The summed E-state index contributed by atoms with van der Waals surface area (Å²) in [6.07, 6.45) is 0. The highest BCUT2D eigenvalue weighted by atomic mass is 19.1. The Morgan fingerprint density at radius 1 is 1.27 bits per heavy atom. The third-order valence-electron chi connectivity index (χ3n) is 1.43. The maximum Gasteiger partial charge on any atom is 0.164 e. The van der Waals surface area contributed by atoms with Crippen LogP contribution in [-0.4, -0.2) is 15.0 Å². The SMILES string of the molecule is Bc1cc(F)c(OC)cc1F. The van der Waals surface area contributed by atoms with Crippen LogP contribution in [0.2, 0.25) is 0 Å². The van der Waals surface area contributed by atoms with Crippen molar-refractivity contribution in [1.29, 1.82) is 0 Å². The van der Waals surface area contributed by atoms with E-state index in [9.17, 15) is 8.78 Å². The first kappa shape index (κ1) is 8.05. The van der Waals surface area contributed by atoms with Crippen LogP contribution < -0.4 is 10.2 Å². The van der Waals surface area contributed by atoms with Crippen molar-refractivity contribution in [2.45, 2.75) is 0 Å². The fourth-order valence-corrected chi connectivity index (χ4v) is 0.784. The molecular formula is C7H7BF2O. The lowest BCUT2D eigenvalue weighted by atomic mass is 9.95. The fourth-order valence-electron chi connectivity index (χ4n) is 0.784. The van der Waals surface area contributed by atoms with Gasteiger partial charge in [-0.2, -0.15) is 0 Å². The monoisotopic (exact) mass is 156 g/mol. The summed E-state index contributed by atoms with van der Waals surface area (Å²) >= 11 is 0. The minimum Gasteiger partial charge on any atom is -0.494 e. The number of rotatable bonds is 1. The number of halogens is 2. The smallest absolute Gasteiger partial charge is 0.164 e. The second-order valence-corrected chi connectivity index (χ2v) is 2.24. The second kappa shape index (κ2) is 2.90. The van der Waals surface area contributed by atoms with E-state index in [0.717, 1.165) is 12.1 Å². The van der Waals surface area contributed by atoms with Crippen molar-refractivity contribution in [2.24, 2.45) is 0 Å². The largest absolute Gasteiger partial charge is 0.494 e. The van der Waals surface area contributed by atoms with E-state index in [-0.39, 0.29) is 11.2 Å². The van der Waals surface area contributed by atoms with Gasteiger partial charge in [-0.3, -0.25) is 0 Å². The first-order valence-electron chi connectivity index (χ1n) is 3.15. The minimum absolute atomic E-state index is 0.0619. The van der Waals surface area contributed by atoms with Crippen LogP contribution in [0, 0.1) is 11.6 Å². The predicted octanol–water partition coefficient (Wildman–Crippen LogP) is 0.232. The van der Waals surface area contributed by atoms with E-state index in [1.54, 1.807) is 0 Å². The molecule has 0 atom stereocenters. The molecule has 0 N–H and O–H groups in total. The number of methoxy groups -OCH3 is 1. The van der Waals surface area contributed by atoms with Crippen LogP contribution >= 0.6 is 0 Å². The van der Waals surface area contributed by atoms with Crippen molar-refractivity contribution < 1.29 is 13.5 Å². The van der Waals surface area contributed by atoms with Crippen LogP contribution in [0.25, 0.3) is 0 Å². The number of hydrogen-bond donors (Lipinski definition) is 0. The summed E-state index contributed by atoms with van der Waals surface area (Å²) < 4.78 is 30.0. The van der Waals surface area contributed by atoms with Gasteiger partial charge in [0.05, 0.1) is 7.11 Å². The Kier molecular flexibility index (Phi) is 2.12. The lowest BCUT2D eigenvalue weighted by Gasteiger charge is -2.02. The van der Waals surface area contributed by atoms with Crippen LogP contribution in [-0.2, 0) is 0 Å². The zero-order valence-corrected chi connectivity index (χ0v) is 6.32. The van der Waals surface area contributed by atoms with Crippen molar-refractivity contribution >= 4 is 13.3 Å². The third kappa shape index (κ3) is 1.50. The Hall–Kier alpha value is -1.06. The summed E-state index contributed by atoms with van der Waals surface area (Å²) in [5, 5.41) is 0. The summed E-state index contributed by atoms with van der Waals surface area (Å²) in [5.74, 6) is -1.05. The quantitative estimate of drug-likeness (QED) is 0.529. The fraction of sp³-hybridized carbons (Fsp3) is 0.143. The highest BCUT2D eigenvalue weighted by molar-refractivity contribution is 6.32. The average Bonchev–Trinajstić information content (AvgIpc) is 1.97. The minimum atomic E-state index is -0.536. The molecule has 58 valence electrons. The molecule has 1 aromatic carbocycles. The normalized spacial score (nSPS) is 9.73. The number of ether oxygens (including phenoxy) is 1. The summed E-state index contributed by atoms with van der Waals surface area (Å²) in [7, 11) is 2.80. The molecule has 1 nitrogen and oxygen atoms in total. The Bertz CT molecular complexity index is 275. The van der Waals surface area contributed by atoms with Crippen molar-refractivity contribution in [3.63, 3.8) is 0 Å². The zero-order chi connectivity index (χ0) is 8.43. The molecule has 0 aliphatic rings. The van der Waals surface area contributed by atoms with Gasteiger partial charge in [0.15, 0.2) is 11.6 Å². The van der Waals surface area contributed by atoms with Crippen molar-refractivity contribution in [3.05, 3.63) is 23.8 Å². The summed E-state index contributed by atoms with van der Waals surface area (Å²) in [4.78, 5) is 0. The molecule has 1 rings (SSSR count). The zero-order valence-electron chi connectivity index (χ0n) is 6.32. The van der Waals surface area contributed by atoms with E-state index in [1.807, 2.05) is 0 Å². The molecule has 0 spiro atoms. The van der Waals surface area contributed by atoms with Gasteiger partial charge < -0.3 is 4.74 Å². The van der Waals surface area contributed by atoms with E-state index in [4.69, 9.17) is 0 Å². The van der Waals surface area contributed by atoms with Gasteiger partial charge in [0.1, 0.15) is 13.7 Å². The van der Waals surface area contributed by atoms with Gasteiger partial charge in [-0.1, -0.05) is 5.46 Å². The van der Waals surface area contributed by atoms with Gasteiger partial charge in [-0.25, -0.2) is 8.78 Å². The Labute approximate surface area is 64.4 Å². The van der Waals surface area contributed by atoms with Crippen molar-refractivity contribution in [1.82, 2.24) is 0 Å². The second-order valence-electron chi connectivity index (χ2n) is 2.24. The molecule has 0 bridgehead atoms. The van der Waals surface area contributed by atoms with Crippen LogP contribution in [0.3, 0.4) is 0 Å². The molecule has 0 amide bonds. The average molecular weight is 156 g/mol. The maximum absolute atomic E-state index is 12.7. The van der Waals surface area contributed by atoms with Crippen LogP contribution in [0.1, 0.15) is 0 Å². The van der Waals surface area contributed by atoms with E-state index in [0.29, 0.717) is 0 Å². The van der Waals surface area contributed by atoms with Crippen molar-refractivity contribution in [3.8, 4) is 5.75 Å². The Morgan fingerprint density at radius 3 is 2.45 bits per heavy atom. The molecule has 11 heavy (non-hydrogen) atoms. The van der Waals surface area contributed by atoms with Crippen LogP contribution in [0.5, 0.6) is 5.75 Å². The molecule has 4 heteroatoms. The van der Waals surface area contributed by atoms with Crippen molar-refractivity contribution in [2.75, 3.05) is 7.11 Å². The molecule has 0 fully saturated rings. The van der Waals surface area contributed by atoms with E-state index < -0.39 is 11.6 Å². The summed E-state index contributed by atoms with van der Waals surface area (Å²) in [6.45, 7) is 0. The topological polar surface area (TPSA) is 9.23 Å². The third-order valence-corrected chi connectivity index (χ3v) is 1.43. The molecular weight excluding hydrogens is 149 g/mol. The lowest BCUT2D eigenvalue weighted by molar-refractivity contribution is 0.383. The standard InChI is InChI=1S/C7H7BF2O/c1-11-7-3-5(9)4(8)2-6(7)10/h2-3H,8H2,1H3. The molecule has 1 aromatic rings. The first-order valence-corrected chi connectivity index (χ1v) is 3.15.